The van der Waals surface area contributed by atoms with Crippen molar-refractivity contribution in [1.82, 2.24) is 4.98 Å². The molecule has 4 heteroatoms. The summed E-state index contributed by atoms with van der Waals surface area (Å²) in [6.07, 6.45) is 0.941. The number of hydrogen-bond donors (Lipinski definition) is 1. The number of anilines is 1. The van der Waals surface area contributed by atoms with Crippen LogP contribution in [-0.4, -0.2) is 10.7 Å². The third-order valence-electron chi connectivity index (χ3n) is 4.52. The topological polar surface area (TPSA) is 37.3 Å². The minimum Gasteiger partial charge on any atom is -0.252 e. The molecular weight excluding hydrogens is 362 g/mol. The van der Waals surface area contributed by atoms with Crippen molar-refractivity contribution in [3.05, 3.63) is 107 Å². The summed E-state index contributed by atoms with van der Waals surface area (Å²) in [7, 11) is 0. The summed E-state index contributed by atoms with van der Waals surface area (Å²) in [6, 6.07) is 29.2. The van der Waals surface area contributed by atoms with Gasteiger partial charge in [0.1, 0.15) is 0 Å². The number of hydrogen-bond acceptors (Lipinski definition) is 4. The number of thiazole rings is 1. The Morgan fingerprint density at radius 3 is 2.21 bits per heavy atom. The zero-order valence-electron chi connectivity index (χ0n) is 15.7. The van der Waals surface area contributed by atoms with Gasteiger partial charge in [-0.1, -0.05) is 84.9 Å². The molecule has 4 aromatic rings. The maximum atomic E-state index is 4.61. The van der Waals surface area contributed by atoms with Gasteiger partial charge in [-0.3, -0.25) is 5.43 Å². The molecular formula is C24H21N3S. The number of rotatable bonds is 6. The van der Waals surface area contributed by atoms with E-state index in [0.717, 1.165) is 34.1 Å². The lowest BCUT2D eigenvalue weighted by molar-refractivity contribution is 1.19. The quantitative estimate of drug-likeness (QED) is 0.316. The van der Waals surface area contributed by atoms with Gasteiger partial charge in [-0.15, -0.1) is 11.3 Å². The Kier molecular flexibility index (Phi) is 5.59. The summed E-state index contributed by atoms with van der Waals surface area (Å²) in [5.74, 6) is 0. The Morgan fingerprint density at radius 1 is 0.857 bits per heavy atom. The molecule has 1 N–H and O–H groups in total. The molecule has 0 radical (unpaired) electrons. The highest BCUT2D eigenvalue weighted by atomic mass is 32.1. The van der Waals surface area contributed by atoms with Crippen molar-refractivity contribution >= 4 is 22.2 Å². The van der Waals surface area contributed by atoms with Gasteiger partial charge in [-0.25, -0.2) is 4.98 Å². The Labute approximate surface area is 169 Å². The first kappa shape index (κ1) is 18.1. The predicted molar refractivity (Wildman–Crippen MR) is 119 cm³/mol. The fraction of sp³-hybridized carbons (Fsp3) is 0.0833. The van der Waals surface area contributed by atoms with Gasteiger partial charge in [0.2, 0.25) is 5.13 Å². The first-order chi connectivity index (χ1) is 13.8. The molecule has 0 aliphatic heterocycles. The summed E-state index contributed by atoms with van der Waals surface area (Å²) in [5, 5.41) is 7.33. The monoisotopic (exact) mass is 383 g/mol. The summed E-state index contributed by atoms with van der Waals surface area (Å²) in [6.45, 7) is 2.00. The summed E-state index contributed by atoms with van der Waals surface area (Å²) in [5.41, 5.74) is 9.81. The van der Waals surface area contributed by atoms with Gasteiger partial charge in [0.25, 0.3) is 0 Å². The van der Waals surface area contributed by atoms with E-state index in [1.807, 2.05) is 36.6 Å². The fourth-order valence-electron chi connectivity index (χ4n) is 2.96. The third-order valence-corrected chi connectivity index (χ3v) is 5.26. The second-order valence-electron chi connectivity index (χ2n) is 6.57. The van der Waals surface area contributed by atoms with E-state index in [2.05, 4.69) is 76.2 Å². The Balaban J connectivity index is 1.41. The van der Waals surface area contributed by atoms with Crippen LogP contribution in [0.1, 0.15) is 23.6 Å². The molecule has 0 amide bonds. The molecule has 138 valence electrons. The highest BCUT2D eigenvalue weighted by molar-refractivity contribution is 7.14. The lowest BCUT2D eigenvalue weighted by Gasteiger charge is -2.05. The molecule has 0 atom stereocenters. The normalized spacial score (nSPS) is 11.4. The van der Waals surface area contributed by atoms with E-state index < -0.39 is 0 Å². The number of aromatic nitrogens is 1. The largest absolute Gasteiger partial charge is 0.252 e. The minimum absolute atomic E-state index is 0.791. The van der Waals surface area contributed by atoms with Crippen LogP contribution < -0.4 is 5.43 Å². The molecule has 0 bridgehead atoms. The van der Waals surface area contributed by atoms with Crippen LogP contribution >= 0.6 is 11.3 Å². The van der Waals surface area contributed by atoms with E-state index in [4.69, 9.17) is 0 Å². The second kappa shape index (κ2) is 8.63. The lowest BCUT2D eigenvalue weighted by atomic mass is 10.0. The third kappa shape index (κ3) is 4.53. The Hall–Kier alpha value is -3.24. The molecule has 0 spiro atoms. The van der Waals surface area contributed by atoms with Crippen LogP contribution in [0.5, 0.6) is 0 Å². The molecule has 0 saturated heterocycles. The Morgan fingerprint density at radius 2 is 1.50 bits per heavy atom. The minimum atomic E-state index is 0.791. The number of nitrogens with zero attached hydrogens (tertiary/aromatic N) is 2. The van der Waals surface area contributed by atoms with Gasteiger partial charge in [0.05, 0.1) is 11.4 Å². The number of nitrogens with one attached hydrogen (secondary N) is 1. The zero-order chi connectivity index (χ0) is 19.2. The standard InChI is InChI=1S/C24H21N3S/c1-18(21-14-12-20(13-15-21)16-19-8-4-2-5-9-19)26-27-24-25-23(17-28-24)22-10-6-3-7-11-22/h2-15,17H,16H2,1H3,(H,25,27)/b26-18+. The van der Waals surface area contributed by atoms with Gasteiger partial charge in [-0.05, 0) is 30.0 Å². The van der Waals surface area contributed by atoms with Crippen LogP contribution in [0, 0.1) is 0 Å². The smallest absolute Gasteiger partial charge is 0.203 e. The van der Waals surface area contributed by atoms with Crippen LogP contribution in [0.15, 0.2) is 95.4 Å². The Bertz CT molecular complexity index is 1050. The molecule has 3 nitrogen and oxygen atoms in total. The zero-order valence-corrected chi connectivity index (χ0v) is 16.5. The van der Waals surface area contributed by atoms with Gasteiger partial charge in [-0.2, -0.15) is 5.10 Å². The van der Waals surface area contributed by atoms with Gasteiger partial charge < -0.3 is 0 Å². The molecule has 0 unspecified atom stereocenters. The molecule has 1 aromatic heterocycles. The SMILES string of the molecule is C/C(=N\Nc1nc(-c2ccccc2)cs1)c1ccc(Cc2ccccc2)cc1. The van der Waals surface area contributed by atoms with Gasteiger partial charge >= 0.3 is 0 Å². The van der Waals surface area contributed by atoms with E-state index in [1.165, 1.54) is 11.1 Å². The predicted octanol–water partition coefficient (Wildman–Crippen LogP) is 6.24. The van der Waals surface area contributed by atoms with Gasteiger partial charge in [0, 0.05) is 10.9 Å². The van der Waals surface area contributed by atoms with Crippen LogP contribution in [0.4, 0.5) is 5.13 Å². The number of benzene rings is 3. The molecule has 0 fully saturated rings. The first-order valence-electron chi connectivity index (χ1n) is 9.22. The van der Waals surface area contributed by atoms with Crippen molar-refractivity contribution in [3.63, 3.8) is 0 Å². The highest BCUT2D eigenvalue weighted by Crippen LogP contribution is 2.24. The van der Waals surface area contributed by atoms with Gasteiger partial charge in [0.15, 0.2) is 0 Å². The maximum absolute atomic E-state index is 4.61. The van der Waals surface area contributed by atoms with Crippen molar-refractivity contribution in [2.75, 3.05) is 5.43 Å². The molecule has 0 aliphatic rings. The van der Waals surface area contributed by atoms with Crippen molar-refractivity contribution in [2.45, 2.75) is 13.3 Å². The average Bonchev–Trinajstić information content (AvgIpc) is 3.23. The summed E-state index contributed by atoms with van der Waals surface area (Å²) in [4.78, 5) is 4.61. The molecule has 0 saturated carbocycles. The molecule has 28 heavy (non-hydrogen) atoms. The molecule has 1 heterocycles. The fourth-order valence-corrected chi connectivity index (χ4v) is 3.62. The van der Waals surface area contributed by atoms with E-state index in [-0.39, 0.29) is 0 Å². The van der Waals surface area contributed by atoms with E-state index in [1.54, 1.807) is 11.3 Å². The van der Waals surface area contributed by atoms with E-state index >= 15 is 0 Å². The molecule has 4 rings (SSSR count). The van der Waals surface area contributed by atoms with Crippen LogP contribution in [0.3, 0.4) is 0 Å². The van der Waals surface area contributed by atoms with Crippen LogP contribution in [-0.2, 0) is 6.42 Å². The first-order valence-corrected chi connectivity index (χ1v) is 10.1. The molecule has 0 aliphatic carbocycles. The van der Waals surface area contributed by atoms with Crippen molar-refractivity contribution in [3.8, 4) is 11.3 Å². The van der Waals surface area contributed by atoms with E-state index in [0.29, 0.717) is 0 Å². The van der Waals surface area contributed by atoms with E-state index in [9.17, 15) is 0 Å². The lowest BCUT2D eigenvalue weighted by Crippen LogP contribution is -2.00. The van der Waals surface area contributed by atoms with Crippen molar-refractivity contribution in [2.24, 2.45) is 5.10 Å². The molecule has 3 aromatic carbocycles. The van der Waals surface area contributed by atoms with Crippen LogP contribution in [0.2, 0.25) is 0 Å². The number of hydrazone groups is 1. The van der Waals surface area contributed by atoms with Crippen LogP contribution in [0.25, 0.3) is 11.3 Å². The summed E-state index contributed by atoms with van der Waals surface area (Å²) < 4.78 is 0. The van der Waals surface area contributed by atoms with Crippen molar-refractivity contribution < 1.29 is 0 Å². The average molecular weight is 384 g/mol. The second-order valence-corrected chi connectivity index (χ2v) is 7.43. The van der Waals surface area contributed by atoms with Crippen molar-refractivity contribution in [1.29, 1.82) is 0 Å². The summed E-state index contributed by atoms with van der Waals surface area (Å²) >= 11 is 1.56. The highest BCUT2D eigenvalue weighted by Gasteiger charge is 2.04. The maximum Gasteiger partial charge on any atom is 0.203 e.